The van der Waals surface area contributed by atoms with E-state index in [1.807, 2.05) is 11.9 Å². The molecule has 2 aliphatic rings. The van der Waals surface area contributed by atoms with Gasteiger partial charge in [-0.05, 0) is 18.9 Å². The van der Waals surface area contributed by atoms with Crippen LogP contribution in [0.25, 0.3) is 0 Å². The Kier molecular flexibility index (Phi) is 1.49. The molecule has 84 valence electrons. The normalized spacial score (nSPS) is 20.6. The van der Waals surface area contributed by atoms with Gasteiger partial charge in [0.2, 0.25) is 0 Å². The van der Waals surface area contributed by atoms with Gasteiger partial charge in [0.25, 0.3) is 5.91 Å². The first-order chi connectivity index (χ1) is 7.54. The van der Waals surface area contributed by atoms with Gasteiger partial charge >= 0.3 is 5.97 Å². The Balaban J connectivity index is 2.09. The van der Waals surface area contributed by atoms with Crippen molar-refractivity contribution in [3.05, 3.63) is 11.8 Å². The van der Waals surface area contributed by atoms with Crippen molar-refractivity contribution in [2.75, 3.05) is 17.3 Å². The monoisotopic (exact) mass is 221 g/mol. The number of carbonyl (C=O) groups excluding carboxylic acids is 1. The summed E-state index contributed by atoms with van der Waals surface area (Å²) in [6.45, 7) is 0. The third-order valence-electron chi connectivity index (χ3n) is 3.42. The highest BCUT2D eigenvalue weighted by molar-refractivity contribution is 6.08. The highest BCUT2D eigenvalue weighted by Crippen LogP contribution is 2.49. The van der Waals surface area contributed by atoms with Crippen LogP contribution in [-0.2, 0) is 4.79 Å². The largest absolute Gasteiger partial charge is 0.477 e. The average molecular weight is 221 g/mol. The van der Waals surface area contributed by atoms with Gasteiger partial charge in [-0.3, -0.25) is 4.79 Å². The first-order valence-corrected chi connectivity index (χ1v) is 5.06. The van der Waals surface area contributed by atoms with Crippen molar-refractivity contribution in [2.45, 2.75) is 18.4 Å². The molecule has 1 spiro atoms. The standard InChI is InChI=1S/C10H11N3O3/c1-13-6-4-5(8(14)15)11-7(6)12-9(16)10(13)2-3-10/h4,11H,2-3H2,1H3,(H,12,16)(H,14,15). The fourth-order valence-electron chi connectivity index (χ4n) is 2.21. The Labute approximate surface area is 91.2 Å². The van der Waals surface area contributed by atoms with Crippen LogP contribution < -0.4 is 10.2 Å². The first-order valence-electron chi connectivity index (χ1n) is 5.06. The Hall–Kier alpha value is -1.98. The highest BCUT2D eigenvalue weighted by Gasteiger charge is 2.56. The third-order valence-corrected chi connectivity index (χ3v) is 3.42. The summed E-state index contributed by atoms with van der Waals surface area (Å²) in [7, 11) is 1.82. The van der Waals surface area contributed by atoms with E-state index in [0.717, 1.165) is 18.5 Å². The van der Waals surface area contributed by atoms with Crippen molar-refractivity contribution < 1.29 is 14.7 Å². The number of rotatable bonds is 1. The second-order valence-electron chi connectivity index (χ2n) is 4.29. The minimum absolute atomic E-state index is 0.0544. The molecular weight excluding hydrogens is 210 g/mol. The smallest absolute Gasteiger partial charge is 0.352 e. The van der Waals surface area contributed by atoms with Gasteiger partial charge in [-0.1, -0.05) is 0 Å². The topological polar surface area (TPSA) is 85.4 Å². The Morgan fingerprint density at radius 2 is 2.25 bits per heavy atom. The zero-order valence-electron chi connectivity index (χ0n) is 8.70. The van der Waals surface area contributed by atoms with Crippen LogP contribution in [0.5, 0.6) is 0 Å². The Morgan fingerprint density at radius 1 is 1.56 bits per heavy atom. The molecule has 16 heavy (non-hydrogen) atoms. The summed E-state index contributed by atoms with van der Waals surface area (Å²) in [6, 6.07) is 1.55. The predicted molar refractivity (Wildman–Crippen MR) is 56.7 cm³/mol. The molecule has 6 heteroatoms. The summed E-state index contributed by atoms with van der Waals surface area (Å²) >= 11 is 0. The maximum absolute atomic E-state index is 11.8. The van der Waals surface area contributed by atoms with E-state index in [-0.39, 0.29) is 11.6 Å². The lowest BCUT2D eigenvalue weighted by atomic mass is 10.1. The lowest BCUT2D eigenvalue weighted by Gasteiger charge is -2.33. The SMILES string of the molecule is CN1c2cc(C(=O)O)[nH]c2NC(=O)C12CC2. The van der Waals surface area contributed by atoms with Gasteiger partial charge in [-0.15, -0.1) is 0 Å². The molecule has 0 radical (unpaired) electrons. The van der Waals surface area contributed by atoms with E-state index in [0.29, 0.717) is 5.82 Å². The molecule has 3 rings (SSSR count). The minimum Gasteiger partial charge on any atom is -0.477 e. The number of carbonyl (C=O) groups is 2. The van der Waals surface area contributed by atoms with Crippen molar-refractivity contribution in [3.63, 3.8) is 0 Å². The number of hydrogen-bond acceptors (Lipinski definition) is 3. The van der Waals surface area contributed by atoms with Gasteiger partial charge in [0.1, 0.15) is 17.1 Å². The number of likely N-dealkylation sites (N-methyl/N-ethyl adjacent to an activating group) is 1. The van der Waals surface area contributed by atoms with Crippen LogP contribution in [-0.4, -0.2) is 34.6 Å². The third kappa shape index (κ3) is 0.959. The molecule has 1 fully saturated rings. The minimum atomic E-state index is -1.03. The number of hydrogen-bond donors (Lipinski definition) is 3. The molecule has 0 atom stereocenters. The zero-order chi connectivity index (χ0) is 11.5. The van der Waals surface area contributed by atoms with Crippen LogP contribution in [0.1, 0.15) is 23.3 Å². The van der Waals surface area contributed by atoms with E-state index in [1.165, 1.54) is 0 Å². The van der Waals surface area contributed by atoms with Crippen molar-refractivity contribution in [1.82, 2.24) is 4.98 Å². The molecule has 6 nitrogen and oxygen atoms in total. The van der Waals surface area contributed by atoms with Crippen molar-refractivity contribution in [3.8, 4) is 0 Å². The summed E-state index contributed by atoms with van der Waals surface area (Å²) in [4.78, 5) is 27.2. The van der Waals surface area contributed by atoms with Crippen LogP contribution in [0.4, 0.5) is 11.5 Å². The maximum atomic E-state index is 11.8. The first kappa shape index (κ1) is 9.26. The average Bonchev–Trinajstić information content (AvgIpc) is 2.91. The molecule has 0 bridgehead atoms. The van der Waals surface area contributed by atoms with Crippen LogP contribution in [0.2, 0.25) is 0 Å². The number of nitrogens with one attached hydrogen (secondary N) is 2. The molecule has 0 saturated heterocycles. The van der Waals surface area contributed by atoms with E-state index < -0.39 is 11.5 Å². The second kappa shape index (κ2) is 2.58. The van der Waals surface area contributed by atoms with Crippen LogP contribution in [0, 0.1) is 0 Å². The van der Waals surface area contributed by atoms with E-state index >= 15 is 0 Å². The molecular formula is C10H11N3O3. The number of carboxylic acid groups (broad SMARTS) is 1. The van der Waals surface area contributed by atoms with Gasteiger partial charge in [0.05, 0.1) is 5.69 Å². The second-order valence-corrected chi connectivity index (χ2v) is 4.29. The molecule has 2 heterocycles. The van der Waals surface area contributed by atoms with E-state index in [4.69, 9.17) is 5.11 Å². The molecule has 3 N–H and O–H groups in total. The molecule has 1 aliphatic carbocycles. The lowest BCUT2D eigenvalue weighted by molar-refractivity contribution is -0.118. The predicted octanol–water partition coefficient (Wildman–Crippen LogP) is 0.634. The summed E-state index contributed by atoms with van der Waals surface area (Å²) in [6.07, 6.45) is 1.64. The van der Waals surface area contributed by atoms with Crippen molar-refractivity contribution >= 4 is 23.4 Å². The molecule has 0 unspecified atom stereocenters. The fourth-order valence-corrected chi connectivity index (χ4v) is 2.21. The summed E-state index contributed by atoms with van der Waals surface area (Å²) in [5.41, 5.74) is 0.398. The number of amides is 1. The van der Waals surface area contributed by atoms with Crippen LogP contribution >= 0.6 is 0 Å². The van der Waals surface area contributed by atoms with Crippen LogP contribution in [0.3, 0.4) is 0 Å². The number of aromatic amines is 1. The van der Waals surface area contributed by atoms with E-state index in [9.17, 15) is 9.59 Å². The quantitative estimate of drug-likeness (QED) is 0.649. The molecule has 0 aromatic carbocycles. The summed E-state index contributed by atoms with van der Waals surface area (Å²) in [5.74, 6) is -0.606. The van der Waals surface area contributed by atoms with Crippen molar-refractivity contribution in [1.29, 1.82) is 0 Å². The van der Waals surface area contributed by atoms with Gasteiger partial charge in [-0.25, -0.2) is 4.79 Å². The van der Waals surface area contributed by atoms with E-state index in [2.05, 4.69) is 10.3 Å². The van der Waals surface area contributed by atoms with Gasteiger partial charge in [-0.2, -0.15) is 0 Å². The maximum Gasteiger partial charge on any atom is 0.352 e. The molecule has 1 aromatic heterocycles. The Morgan fingerprint density at radius 3 is 2.81 bits per heavy atom. The summed E-state index contributed by atoms with van der Waals surface area (Å²) < 4.78 is 0. The molecule has 1 aliphatic heterocycles. The number of fused-ring (bicyclic) bond motifs is 1. The number of aromatic nitrogens is 1. The molecule has 1 saturated carbocycles. The van der Waals surface area contributed by atoms with Crippen LogP contribution in [0.15, 0.2) is 6.07 Å². The van der Waals surface area contributed by atoms with Crippen molar-refractivity contribution in [2.24, 2.45) is 0 Å². The number of aromatic carboxylic acids is 1. The number of anilines is 2. The highest BCUT2D eigenvalue weighted by atomic mass is 16.4. The number of H-pyrrole nitrogens is 1. The lowest BCUT2D eigenvalue weighted by Crippen LogP contribution is -2.48. The molecule has 1 aromatic rings. The number of nitrogens with zero attached hydrogens (tertiary/aromatic N) is 1. The summed E-state index contributed by atoms with van der Waals surface area (Å²) in [5, 5.41) is 11.6. The van der Waals surface area contributed by atoms with E-state index in [1.54, 1.807) is 6.07 Å². The molecule has 1 amide bonds. The van der Waals surface area contributed by atoms with Gasteiger partial charge < -0.3 is 20.3 Å². The Bertz CT molecular complexity index is 501. The van der Waals surface area contributed by atoms with Gasteiger partial charge in [0.15, 0.2) is 0 Å². The fraction of sp³-hybridized carbons (Fsp3) is 0.400. The van der Waals surface area contributed by atoms with Gasteiger partial charge in [0, 0.05) is 7.05 Å². The number of carboxylic acids is 1. The zero-order valence-corrected chi connectivity index (χ0v) is 8.70.